The van der Waals surface area contributed by atoms with E-state index in [9.17, 15) is 4.79 Å². The van der Waals surface area contributed by atoms with Crippen molar-refractivity contribution in [2.45, 2.75) is 6.92 Å². The summed E-state index contributed by atoms with van der Waals surface area (Å²) in [6, 6.07) is 11.5. The number of aryl methyl sites for hydroxylation is 1. The lowest BCUT2D eigenvalue weighted by Crippen LogP contribution is -2.03. The van der Waals surface area contributed by atoms with Crippen molar-refractivity contribution in [1.29, 1.82) is 0 Å². The minimum absolute atomic E-state index is 0.348. The maximum absolute atomic E-state index is 11.7. The number of H-pyrrole nitrogens is 1. The summed E-state index contributed by atoms with van der Waals surface area (Å²) < 4.78 is 4.77. The Morgan fingerprint density at radius 1 is 1.20 bits per heavy atom. The van der Waals surface area contributed by atoms with E-state index in [0.29, 0.717) is 5.56 Å². The van der Waals surface area contributed by atoms with Crippen LogP contribution < -0.4 is 0 Å². The van der Waals surface area contributed by atoms with Gasteiger partial charge in [0.05, 0.1) is 18.4 Å². The molecule has 3 rings (SSSR count). The number of methoxy groups -OCH3 is 1. The maximum atomic E-state index is 11.7. The first kappa shape index (κ1) is 12.4. The standard InChI is InChI=1S/C16H14N2O2/c1-10-7-13(16(19)20-2)9-15(18-10)11-3-4-14-12(8-11)5-6-17-14/h3-9,17H,1-2H3. The number of pyridine rings is 1. The first-order valence-electron chi connectivity index (χ1n) is 6.32. The third-order valence-corrected chi connectivity index (χ3v) is 3.22. The summed E-state index contributed by atoms with van der Waals surface area (Å²) >= 11 is 0. The van der Waals surface area contributed by atoms with Gasteiger partial charge in [-0.25, -0.2) is 4.79 Å². The minimum atomic E-state index is -0.348. The van der Waals surface area contributed by atoms with Gasteiger partial charge in [0.15, 0.2) is 0 Å². The molecule has 1 aromatic carbocycles. The summed E-state index contributed by atoms with van der Waals surface area (Å²) in [4.78, 5) is 19.3. The molecule has 3 aromatic rings. The number of rotatable bonds is 2. The third-order valence-electron chi connectivity index (χ3n) is 3.22. The lowest BCUT2D eigenvalue weighted by atomic mass is 10.1. The molecule has 100 valence electrons. The molecular weight excluding hydrogens is 252 g/mol. The quantitative estimate of drug-likeness (QED) is 0.724. The van der Waals surface area contributed by atoms with E-state index in [-0.39, 0.29) is 5.97 Å². The zero-order valence-electron chi connectivity index (χ0n) is 11.3. The monoisotopic (exact) mass is 266 g/mol. The number of hydrogen-bond donors (Lipinski definition) is 1. The second kappa shape index (κ2) is 4.81. The van der Waals surface area contributed by atoms with Crippen molar-refractivity contribution in [1.82, 2.24) is 9.97 Å². The topological polar surface area (TPSA) is 55.0 Å². The Balaban J connectivity index is 2.12. The Kier molecular flexibility index (Phi) is 2.99. The van der Waals surface area contributed by atoms with Crippen LogP contribution in [0.1, 0.15) is 16.1 Å². The number of aromatic amines is 1. The van der Waals surface area contributed by atoms with Crippen LogP contribution in [0.25, 0.3) is 22.2 Å². The van der Waals surface area contributed by atoms with Crippen LogP contribution in [-0.2, 0) is 4.74 Å². The zero-order valence-corrected chi connectivity index (χ0v) is 11.3. The highest BCUT2D eigenvalue weighted by Crippen LogP contribution is 2.24. The summed E-state index contributed by atoms with van der Waals surface area (Å²) in [6.07, 6.45) is 1.90. The summed E-state index contributed by atoms with van der Waals surface area (Å²) in [5.41, 5.74) is 4.13. The minimum Gasteiger partial charge on any atom is -0.465 e. The van der Waals surface area contributed by atoms with Crippen LogP contribution in [0.5, 0.6) is 0 Å². The molecule has 0 saturated heterocycles. The predicted molar refractivity (Wildman–Crippen MR) is 77.6 cm³/mol. The fourth-order valence-electron chi connectivity index (χ4n) is 2.26. The molecule has 0 unspecified atom stereocenters. The van der Waals surface area contributed by atoms with Crippen LogP contribution in [0.3, 0.4) is 0 Å². The molecule has 0 bridgehead atoms. The molecule has 20 heavy (non-hydrogen) atoms. The van der Waals surface area contributed by atoms with Crippen LogP contribution in [0.15, 0.2) is 42.6 Å². The molecule has 2 heterocycles. The van der Waals surface area contributed by atoms with E-state index in [4.69, 9.17) is 4.74 Å². The van der Waals surface area contributed by atoms with Crippen molar-refractivity contribution >= 4 is 16.9 Å². The number of aromatic nitrogens is 2. The molecule has 0 aliphatic carbocycles. The Morgan fingerprint density at radius 3 is 2.85 bits per heavy atom. The second-order valence-electron chi connectivity index (χ2n) is 4.65. The normalized spacial score (nSPS) is 10.7. The van der Waals surface area contributed by atoms with Gasteiger partial charge in [0, 0.05) is 28.4 Å². The highest BCUT2D eigenvalue weighted by molar-refractivity contribution is 5.91. The predicted octanol–water partition coefficient (Wildman–Crippen LogP) is 3.32. The largest absolute Gasteiger partial charge is 0.465 e. The Bertz CT molecular complexity index is 790. The molecule has 0 saturated carbocycles. The van der Waals surface area contributed by atoms with Crippen LogP contribution in [0.2, 0.25) is 0 Å². The first-order valence-corrected chi connectivity index (χ1v) is 6.32. The third kappa shape index (κ3) is 2.16. The van der Waals surface area contributed by atoms with E-state index < -0.39 is 0 Å². The van der Waals surface area contributed by atoms with Crippen LogP contribution in [0.4, 0.5) is 0 Å². The molecule has 0 aliphatic heterocycles. The van der Waals surface area contributed by atoms with Crippen molar-refractivity contribution in [2.24, 2.45) is 0 Å². The zero-order chi connectivity index (χ0) is 14.1. The lowest BCUT2D eigenvalue weighted by molar-refractivity contribution is 0.0600. The molecular formula is C16H14N2O2. The van der Waals surface area contributed by atoms with Crippen molar-refractivity contribution in [3.05, 3.63) is 53.9 Å². The Morgan fingerprint density at radius 2 is 2.05 bits per heavy atom. The number of carbonyl (C=O) groups is 1. The highest BCUT2D eigenvalue weighted by Gasteiger charge is 2.10. The Labute approximate surface area is 116 Å². The number of nitrogens with one attached hydrogen (secondary N) is 1. The summed E-state index contributed by atoms with van der Waals surface area (Å²) in [7, 11) is 1.38. The average molecular weight is 266 g/mol. The number of nitrogens with zero attached hydrogens (tertiary/aromatic N) is 1. The van der Waals surface area contributed by atoms with Crippen molar-refractivity contribution in [3.8, 4) is 11.3 Å². The van der Waals surface area contributed by atoms with Gasteiger partial charge in [-0.1, -0.05) is 6.07 Å². The molecule has 0 fully saturated rings. The molecule has 4 heteroatoms. The van der Waals surface area contributed by atoms with Crippen molar-refractivity contribution in [3.63, 3.8) is 0 Å². The smallest absolute Gasteiger partial charge is 0.337 e. The van der Waals surface area contributed by atoms with Gasteiger partial charge in [0.1, 0.15) is 0 Å². The number of esters is 1. The van der Waals surface area contributed by atoms with Gasteiger partial charge < -0.3 is 9.72 Å². The summed E-state index contributed by atoms with van der Waals surface area (Å²) in [5.74, 6) is -0.348. The number of hydrogen-bond acceptors (Lipinski definition) is 3. The van der Waals surface area contributed by atoms with Gasteiger partial charge in [-0.3, -0.25) is 4.98 Å². The van der Waals surface area contributed by atoms with Crippen LogP contribution in [-0.4, -0.2) is 23.0 Å². The van der Waals surface area contributed by atoms with Gasteiger partial charge in [-0.2, -0.15) is 0 Å². The summed E-state index contributed by atoms with van der Waals surface area (Å²) in [5, 5.41) is 1.12. The lowest BCUT2D eigenvalue weighted by Gasteiger charge is -2.06. The van der Waals surface area contributed by atoms with Gasteiger partial charge in [0.25, 0.3) is 0 Å². The number of fused-ring (bicyclic) bond motifs is 1. The van der Waals surface area contributed by atoms with E-state index in [1.54, 1.807) is 12.1 Å². The summed E-state index contributed by atoms with van der Waals surface area (Å²) in [6.45, 7) is 1.87. The molecule has 0 radical (unpaired) electrons. The second-order valence-corrected chi connectivity index (χ2v) is 4.65. The van der Waals surface area contributed by atoms with Crippen LogP contribution >= 0.6 is 0 Å². The molecule has 0 spiro atoms. The van der Waals surface area contributed by atoms with Crippen molar-refractivity contribution in [2.75, 3.05) is 7.11 Å². The van der Waals surface area contributed by atoms with Crippen LogP contribution in [0, 0.1) is 6.92 Å². The highest BCUT2D eigenvalue weighted by atomic mass is 16.5. The van der Waals surface area contributed by atoms with E-state index in [1.807, 2.05) is 31.3 Å². The fraction of sp³-hybridized carbons (Fsp3) is 0.125. The van der Waals surface area contributed by atoms with Gasteiger partial charge in [-0.15, -0.1) is 0 Å². The molecule has 1 N–H and O–H groups in total. The van der Waals surface area contributed by atoms with E-state index in [0.717, 1.165) is 27.9 Å². The van der Waals surface area contributed by atoms with Gasteiger partial charge in [0.2, 0.25) is 0 Å². The fourth-order valence-corrected chi connectivity index (χ4v) is 2.26. The Hall–Kier alpha value is -2.62. The first-order chi connectivity index (χ1) is 9.67. The number of carbonyl (C=O) groups excluding carboxylic acids is 1. The molecule has 2 aromatic heterocycles. The average Bonchev–Trinajstić information content (AvgIpc) is 2.93. The van der Waals surface area contributed by atoms with Crippen molar-refractivity contribution < 1.29 is 9.53 Å². The number of benzene rings is 1. The molecule has 4 nitrogen and oxygen atoms in total. The maximum Gasteiger partial charge on any atom is 0.337 e. The number of ether oxygens (including phenoxy) is 1. The molecule has 0 amide bonds. The van der Waals surface area contributed by atoms with Gasteiger partial charge in [-0.05, 0) is 37.3 Å². The van der Waals surface area contributed by atoms with E-state index in [2.05, 4.69) is 16.0 Å². The molecule has 0 atom stereocenters. The van der Waals surface area contributed by atoms with E-state index in [1.165, 1.54) is 7.11 Å². The van der Waals surface area contributed by atoms with E-state index >= 15 is 0 Å². The molecule has 0 aliphatic rings. The SMILES string of the molecule is COC(=O)c1cc(C)nc(-c2ccc3[nH]ccc3c2)c1. The van der Waals surface area contributed by atoms with Gasteiger partial charge >= 0.3 is 5.97 Å².